The topological polar surface area (TPSA) is 119 Å². The first-order valence-corrected chi connectivity index (χ1v) is 9.26. The lowest BCUT2D eigenvalue weighted by Gasteiger charge is -2.24. The van der Waals surface area contributed by atoms with Crippen molar-refractivity contribution in [2.45, 2.75) is 31.8 Å². The third-order valence-electron chi connectivity index (χ3n) is 3.98. The highest BCUT2D eigenvalue weighted by molar-refractivity contribution is 7.90. The number of amides is 2. The molecule has 0 radical (unpaired) electrons. The fraction of sp³-hybridized carbons (Fsp3) is 0.312. The quantitative estimate of drug-likeness (QED) is 0.818. The van der Waals surface area contributed by atoms with Gasteiger partial charge in [0.1, 0.15) is 5.75 Å². The Balaban J connectivity index is 1.95. The standard InChI is InChI=1S/C16H18N4O5S/c1-8-5-12-13(25-10(3)15(21)17-12)6-14(8)26(23,24)19-16(22)11-7-20(4)18-9(11)2/h5-7,10H,1-4H3,(H,17,21)(H,19,22)/t10-/m0/s1. The molecular formula is C16H18N4O5S. The number of anilines is 1. The van der Waals surface area contributed by atoms with Crippen LogP contribution in [0.1, 0.15) is 28.5 Å². The van der Waals surface area contributed by atoms with Crippen LogP contribution in [0.5, 0.6) is 5.75 Å². The lowest BCUT2D eigenvalue weighted by atomic mass is 10.1. The fourth-order valence-corrected chi connectivity index (χ4v) is 3.90. The van der Waals surface area contributed by atoms with Gasteiger partial charge in [0.25, 0.3) is 21.8 Å². The van der Waals surface area contributed by atoms with E-state index in [0.717, 1.165) is 0 Å². The Morgan fingerprint density at radius 2 is 2.04 bits per heavy atom. The van der Waals surface area contributed by atoms with Crippen LogP contribution in [0.25, 0.3) is 0 Å². The van der Waals surface area contributed by atoms with E-state index in [4.69, 9.17) is 4.74 Å². The molecule has 1 aromatic heterocycles. The van der Waals surface area contributed by atoms with E-state index in [1.165, 1.54) is 23.0 Å². The summed E-state index contributed by atoms with van der Waals surface area (Å²) in [5.74, 6) is -0.851. The van der Waals surface area contributed by atoms with Crippen molar-refractivity contribution in [3.05, 3.63) is 35.2 Å². The van der Waals surface area contributed by atoms with Gasteiger partial charge in [-0.25, -0.2) is 13.1 Å². The number of ether oxygens (including phenoxy) is 1. The molecule has 0 spiro atoms. The Bertz CT molecular complexity index is 1030. The monoisotopic (exact) mass is 378 g/mol. The number of aromatic nitrogens is 2. The summed E-state index contributed by atoms with van der Waals surface area (Å²) in [7, 11) is -2.50. The van der Waals surface area contributed by atoms with E-state index < -0.39 is 22.0 Å². The van der Waals surface area contributed by atoms with Crippen LogP contribution in [-0.2, 0) is 21.9 Å². The lowest BCUT2D eigenvalue weighted by Crippen LogP contribution is -2.35. The minimum Gasteiger partial charge on any atom is -0.479 e. The largest absolute Gasteiger partial charge is 0.479 e. The summed E-state index contributed by atoms with van der Waals surface area (Å²) in [6, 6.07) is 2.79. The van der Waals surface area contributed by atoms with Gasteiger partial charge in [-0.1, -0.05) is 0 Å². The van der Waals surface area contributed by atoms with Crippen LogP contribution >= 0.6 is 0 Å². The van der Waals surface area contributed by atoms with Gasteiger partial charge in [0.15, 0.2) is 6.10 Å². The predicted octanol–water partition coefficient (Wildman–Crippen LogP) is 0.875. The second-order valence-electron chi connectivity index (χ2n) is 6.10. The smallest absolute Gasteiger partial charge is 0.268 e. The fourth-order valence-electron chi connectivity index (χ4n) is 2.69. The highest BCUT2D eigenvalue weighted by atomic mass is 32.2. The zero-order chi connectivity index (χ0) is 19.2. The number of carbonyl (C=O) groups excluding carboxylic acids is 2. The lowest BCUT2D eigenvalue weighted by molar-refractivity contribution is -0.122. The van der Waals surface area contributed by atoms with Crippen LogP contribution in [0.4, 0.5) is 5.69 Å². The minimum atomic E-state index is -4.14. The average molecular weight is 378 g/mol. The summed E-state index contributed by atoms with van der Waals surface area (Å²) < 4.78 is 34.3. The van der Waals surface area contributed by atoms with Crippen LogP contribution in [0.15, 0.2) is 23.2 Å². The molecule has 2 amide bonds. The highest BCUT2D eigenvalue weighted by Gasteiger charge is 2.28. The molecule has 9 nitrogen and oxygen atoms in total. The van der Waals surface area contributed by atoms with Gasteiger partial charge in [-0.05, 0) is 32.4 Å². The molecule has 0 unspecified atom stereocenters. The molecular weight excluding hydrogens is 360 g/mol. The minimum absolute atomic E-state index is 0.102. The number of nitrogens with one attached hydrogen (secondary N) is 2. The van der Waals surface area contributed by atoms with Crippen LogP contribution in [-0.4, -0.2) is 36.1 Å². The van der Waals surface area contributed by atoms with Gasteiger partial charge in [-0.2, -0.15) is 5.10 Å². The molecule has 0 saturated heterocycles. The van der Waals surface area contributed by atoms with E-state index in [9.17, 15) is 18.0 Å². The number of benzene rings is 1. The van der Waals surface area contributed by atoms with E-state index in [-0.39, 0.29) is 22.1 Å². The molecule has 0 aliphatic carbocycles. The van der Waals surface area contributed by atoms with Gasteiger partial charge in [-0.15, -0.1) is 0 Å². The maximum absolute atomic E-state index is 12.7. The predicted molar refractivity (Wildman–Crippen MR) is 92.5 cm³/mol. The zero-order valence-electron chi connectivity index (χ0n) is 14.7. The van der Waals surface area contributed by atoms with Crippen molar-refractivity contribution < 1.29 is 22.7 Å². The Labute approximate surface area is 150 Å². The highest BCUT2D eigenvalue weighted by Crippen LogP contribution is 2.34. The molecule has 2 heterocycles. The Hall–Kier alpha value is -2.88. The van der Waals surface area contributed by atoms with E-state index in [2.05, 4.69) is 10.4 Å². The van der Waals surface area contributed by atoms with Crippen LogP contribution in [0.3, 0.4) is 0 Å². The molecule has 26 heavy (non-hydrogen) atoms. The van der Waals surface area contributed by atoms with E-state index >= 15 is 0 Å². The molecule has 1 aromatic carbocycles. The molecule has 0 fully saturated rings. The molecule has 0 saturated carbocycles. The van der Waals surface area contributed by atoms with E-state index in [1.807, 2.05) is 4.72 Å². The third kappa shape index (κ3) is 3.15. The molecule has 2 aromatic rings. The summed E-state index contributed by atoms with van der Waals surface area (Å²) in [6.07, 6.45) is 0.702. The second kappa shape index (κ2) is 6.13. The molecule has 138 valence electrons. The van der Waals surface area contributed by atoms with Gasteiger partial charge >= 0.3 is 0 Å². The molecule has 3 rings (SSSR count). The number of rotatable bonds is 3. The molecule has 10 heteroatoms. The van der Waals surface area contributed by atoms with Crippen molar-refractivity contribution in [2.24, 2.45) is 7.05 Å². The van der Waals surface area contributed by atoms with Crippen molar-refractivity contribution >= 4 is 27.5 Å². The first-order chi connectivity index (χ1) is 12.1. The van der Waals surface area contributed by atoms with Gasteiger partial charge in [-0.3, -0.25) is 14.3 Å². The average Bonchev–Trinajstić information content (AvgIpc) is 2.86. The van der Waals surface area contributed by atoms with Crippen molar-refractivity contribution in [1.29, 1.82) is 0 Å². The van der Waals surface area contributed by atoms with Crippen molar-refractivity contribution in [2.75, 3.05) is 5.32 Å². The van der Waals surface area contributed by atoms with Crippen LogP contribution < -0.4 is 14.8 Å². The van der Waals surface area contributed by atoms with Gasteiger partial charge in [0, 0.05) is 19.3 Å². The van der Waals surface area contributed by atoms with Crippen LogP contribution in [0.2, 0.25) is 0 Å². The third-order valence-corrected chi connectivity index (χ3v) is 5.46. The number of fused-ring (bicyclic) bond motifs is 1. The Morgan fingerprint density at radius 3 is 2.65 bits per heavy atom. The summed E-state index contributed by atoms with van der Waals surface area (Å²) in [5, 5.41) is 6.68. The Kier molecular flexibility index (Phi) is 4.23. The summed E-state index contributed by atoms with van der Waals surface area (Å²) in [6.45, 7) is 4.74. The first kappa shape index (κ1) is 17.9. The van der Waals surface area contributed by atoms with Gasteiger partial charge in [0.05, 0.1) is 21.8 Å². The normalized spacial score (nSPS) is 16.5. The second-order valence-corrected chi connectivity index (χ2v) is 7.75. The number of aryl methyl sites for hydroxylation is 3. The zero-order valence-corrected chi connectivity index (χ0v) is 15.5. The van der Waals surface area contributed by atoms with Crippen molar-refractivity contribution in [3.63, 3.8) is 0 Å². The molecule has 0 bridgehead atoms. The van der Waals surface area contributed by atoms with Crippen LogP contribution in [0, 0.1) is 13.8 Å². The Morgan fingerprint density at radius 1 is 1.35 bits per heavy atom. The first-order valence-electron chi connectivity index (χ1n) is 7.78. The summed E-state index contributed by atoms with van der Waals surface area (Å²) >= 11 is 0. The van der Waals surface area contributed by atoms with E-state index in [1.54, 1.807) is 27.8 Å². The van der Waals surface area contributed by atoms with E-state index in [0.29, 0.717) is 16.9 Å². The number of hydrogen-bond acceptors (Lipinski definition) is 6. The number of hydrogen-bond donors (Lipinski definition) is 2. The summed E-state index contributed by atoms with van der Waals surface area (Å²) in [5.41, 5.74) is 1.34. The maximum atomic E-state index is 12.7. The molecule has 2 N–H and O–H groups in total. The van der Waals surface area contributed by atoms with Crippen molar-refractivity contribution in [1.82, 2.24) is 14.5 Å². The number of nitrogens with zero attached hydrogens (tertiary/aromatic N) is 2. The summed E-state index contributed by atoms with van der Waals surface area (Å²) in [4.78, 5) is 23.9. The molecule has 1 aliphatic rings. The van der Waals surface area contributed by atoms with Gasteiger partial charge in [0.2, 0.25) is 0 Å². The van der Waals surface area contributed by atoms with Gasteiger partial charge < -0.3 is 10.1 Å². The van der Waals surface area contributed by atoms with Crippen molar-refractivity contribution in [3.8, 4) is 5.75 Å². The number of sulfonamides is 1. The maximum Gasteiger partial charge on any atom is 0.268 e. The SMILES string of the molecule is Cc1cc2c(cc1S(=O)(=O)NC(=O)c1cn(C)nc1C)O[C@@H](C)C(=O)N2. The molecule has 1 atom stereocenters. The molecule has 1 aliphatic heterocycles. The number of carbonyl (C=O) groups is 2.